The Labute approximate surface area is 115 Å². The maximum absolute atomic E-state index is 2.53. The van der Waals surface area contributed by atoms with Gasteiger partial charge in [0, 0.05) is 17.6 Å². The maximum atomic E-state index is 2.53. The third-order valence-corrected chi connectivity index (χ3v) is 4.26. The highest BCUT2D eigenvalue weighted by Crippen LogP contribution is 2.43. The Hall–Kier alpha value is -1.76. The van der Waals surface area contributed by atoms with Crippen molar-refractivity contribution < 1.29 is 0 Å². The Bertz CT molecular complexity index is 571. The van der Waals surface area contributed by atoms with Gasteiger partial charge < -0.3 is 4.90 Å². The van der Waals surface area contributed by atoms with Crippen LogP contribution in [-0.4, -0.2) is 6.54 Å². The first-order valence-electron chi connectivity index (χ1n) is 7.01. The van der Waals surface area contributed by atoms with E-state index in [1.807, 2.05) is 0 Å². The molecule has 0 saturated carbocycles. The first-order chi connectivity index (χ1) is 9.09. The number of nitrogens with zero attached hydrogens (tertiary/aromatic N) is 1. The summed E-state index contributed by atoms with van der Waals surface area (Å²) < 4.78 is 0. The molecule has 1 aliphatic heterocycles. The summed E-state index contributed by atoms with van der Waals surface area (Å²) in [5.74, 6) is 0. The van der Waals surface area contributed by atoms with E-state index in [4.69, 9.17) is 0 Å². The molecule has 2 aromatic carbocycles. The molecule has 1 atom stereocenters. The van der Waals surface area contributed by atoms with Crippen molar-refractivity contribution in [1.29, 1.82) is 0 Å². The first-order valence-corrected chi connectivity index (χ1v) is 7.01. The zero-order valence-corrected chi connectivity index (χ0v) is 11.9. The molecule has 0 aromatic heterocycles. The molecule has 1 aliphatic rings. The third-order valence-electron chi connectivity index (χ3n) is 4.26. The monoisotopic (exact) mass is 251 g/mol. The third kappa shape index (κ3) is 2.03. The van der Waals surface area contributed by atoms with Gasteiger partial charge in [0.15, 0.2) is 0 Å². The Kier molecular flexibility index (Phi) is 2.85. The maximum Gasteiger partial charge on any atom is 0.0514 e. The van der Waals surface area contributed by atoms with Crippen molar-refractivity contribution in [1.82, 2.24) is 0 Å². The van der Waals surface area contributed by atoms with Gasteiger partial charge >= 0.3 is 0 Å². The number of benzene rings is 2. The predicted octanol–water partition coefficient (Wildman–Crippen LogP) is 4.55. The molecule has 1 unspecified atom stereocenters. The van der Waals surface area contributed by atoms with E-state index in [0.717, 1.165) is 6.54 Å². The lowest BCUT2D eigenvalue weighted by molar-refractivity contribution is 0.528. The summed E-state index contributed by atoms with van der Waals surface area (Å²) in [5.41, 5.74) is 4.48. The van der Waals surface area contributed by atoms with E-state index < -0.39 is 0 Å². The van der Waals surface area contributed by atoms with Crippen LogP contribution in [0.5, 0.6) is 0 Å². The summed E-state index contributed by atoms with van der Waals surface area (Å²) in [4.78, 5) is 2.53. The quantitative estimate of drug-likeness (QED) is 0.757. The molecule has 1 heteroatoms. The summed E-state index contributed by atoms with van der Waals surface area (Å²) >= 11 is 0. The van der Waals surface area contributed by atoms with Gasteiger partial charge in [0.25, 0.3) is 0 Å². The summed E-state index contributed by atoms with van der Waals surface area (Å²) in [5, 5.41) is 0. The van der Waals surface area contributed by atoms with Crippen LogP contribution in [-0.2, 0) is 5.41 Å². The molecule has 0 radical (unpaired) electrons. The first kappa shape index (κ1) is 12.3. The molecule has 0 aliphatic carbocycles. The van der Waals surface area contributed by atoms with E-state index in [-0.39, 0.29) is 5.41 Å². The van der Waals surface area contributed by atoms with Crippen LogP contribution in [0, 0.1) is 0 Å². The van der Waals surface area contributed by atoms with Crippen molar-refractivity contribution in [2.75, 3.05) is 11.4 Å². The fourth-order valence-corrected chi connectivity index (χ4v) is 3.15. The second-order valence-corrected chi connectivity index (χ2v) is 6.12. The van der Waals surface area contributed by atoms with Gasteiger partial charge in [-0.2, -0.15) is 0 Å². The van der Waals surface area contributed by atoms with E-state index in [2.05, 4.69) is 80.3 Å². The zero-order valence-electron chi connectivity index (χ0n) is 11.9. The summed E-state index contributed by atoms with van der Waals surface area (Å²) in [7, 11) is 0. The van der Waals surface area contributed by atoms with Gasteiger partial charge in [-0.25, -0.2) is 0 Å². The number of anilines is 1. The Morgan fingerprint density at radius 2 is 1.58 bits per heavy atom. The Balaban J connectivity index is 2.00. The van der Waals surface area contributed by atoms with E-state index >= 15 is 0 Å². The highest BCUT2D eigenvalue weighted by atomic mass is 15.2. The Morgan fingerprint density at radius 3 is 2.32 bits per heavy atom. The predicted molar refractivity (Wildman–Crippen MR) is 81.7 cm³/mol. The number of fused-ring (bicyclic) bond motifs is 1. The van der Waals surface area contributed by atoms with E-state index in [1.165, 1.54) is 16.8 Å². The topological polar surface area (TPSA) is 3.24 Å². The minimum Gasteiger partial charge on any atom is -0.364 e. The van der Waals surface area contributed by atoms with Crippen molar-refractivity contribution in [2.45, 2.75) is 32.2 Å². The fraction of sp³-hybridized carbons (Fsp3) is 0.333. The van der Waals surface area contributed by atoms with Gasteiger partial charge in [-0.1, -0.05) is 62.4 Å². The number of para-hydroxylation sites is 1. The molecule has 98 valence electrons. The van der Waals surface area contributed by atoms with Crippen LogP contribution in [0.3, 0.4) is 0 Å². The number of rotatable bonds is 2. The second-order valence-electron chi connectivity index (χ2n) is 6.12. The van der Waals surface area contributed by atoms with Crippen LogP contribution < -0.4 is 4.90 Å². The van der Waals surface area contributed by atoms with Crippen molar-refractivity contribution in [3.8, 4) is 0 Å². The molecule has 0 fully saturated rings. The van der Waals surface area contributed by atoms with Gasteiger partial charge in [-0.15, -0.1) is 0 Å². The van der Waals surface area contributed by atoms with E-state index in [1.54, 1.807) is 0 Å². The zero-order chi connectivity index (χ0) is 13.5. The van der Waals surface area contributed by atoms with Gasteiger partial charge in [-0.05, 0) is 24.1 Å². The number of hydrogen-bond donors (Lipinski definition) is 0. The second kappa shape index (κ2) is 4.41. The highest BCUT2D eigenvalue weighted by molar-refractivity contribution is 5.63. The highest BCUT2D eigenvalue weighted by Gasteiger charge is 2.36. The van der Waals surface area contributed by atoms with Crippen LogP contribution in [0.15, 0.2) is 54.6 Å². The molecule has 0 saturated heterocycles. The standard InChI is InChI=1S/C18H21N/c1-14(15-9-5-4-6-10-15)19-13-18(2,3)16-11-7-8-12-17(16)19/h4-12,14H,13H2,1-3H3. The van der Waals surface area contributed by atoms with Gasteiger partial charge in [0.2, 0.25) is 0 Å². The number of hydrogen-bond acceptors (Lipinski definition) is 1. The molecule has 0 amide bonds. The molecule has 1 nitrogen and oxygen atoms in total. The largest absolute Gasteiger partial charge is 0.364 e. The van der Waals surface area contributed by atoms with E-state index in [0.29, 0.717) is 6.04 Å². The van der Waals surface area contributed by atoms with E-state index in [9.17, 15) is 0 Å². The lowest BCUT2D eigenvalue weighted by Crippen LogP contribution is -2.30. The molecule has 0 N–H and O–H groups in total. The van der Waals surface area contributed by atoms with Crippen molar-refractivity contribution in [3.05, 3.63) is 65.7 Å². The SMILES string of the molecule is CC(c1ccccc1)N1CC(C)(C)c2ccccc21. The molecule has 2 aromatic rings. The molecule has 1 heterocycles. The minimum atomic E-state index is 0.236. The lowest BCUT2D eigenvalue weighted by atomic mass is 9.87. The molecule has 0 spiro atoms. The molecular formula is C18H21N. The van der Waals surface area contributed by atoms with Gasteiger partial charge in [0.1, 0.15) is 0 Å². The average molecular weight is 251 g/mol. The Morgan fingerprint density at radius 1 is 0.947 bits per heavy atom. The van der Waals surface area contributed by atoms with Gasteiger partial charge in [-0.3, -0.25) is 0 Å². The summed E-state index contributed by atoms with van der Waals surface area (Å²) in [6, 6.07) is 20.0. The van der Waals surface area contributed by atoms with Crippen molar-refractivity contribution in [2.24, 2.45) is 0 Å². The van der Waals surface area contributed by atoms with Crippen LogP contribution in [0.1, 0.15) is 37.9 Å². The fourth-order valence-electron chi connectivity index (χ4n) is 3.15. The smallest absolute Gasteiger partial charge is 0.0514 e. The normalized spacial score (nSPS) is 18.2. The van der Waals surface area contributed by atoms with Gasteiger partial charge in [0.05, 0.1) is 6.04 Å². The van der Waals surface area contributed by atoms with Crippen molar-refractivity contribution >= 4 is 5.69 Å². The van der Waals surface area contributed by atoms with Crippen LogP contribution in [0.25, 0.3) is 0 Å². The molecule has 0 bridgehead atoms. The molecule has 19 heavy (non-hydrogen) atoms. The van der Waals surface area contributed by atoms with Crippen molar-refractivity contribution in [3.63, 3.8) is 0 Å². The van der Waals surface area contributed by atoms with Crippen LogP contribution >= 0.6 is 0 Å². The average Bonchev–Trinajstić information content (AvgIpc) is 2.72. The molecular weight excluding hydrogens is 230 g/mol. The molecule has 3 rings (SSSR count). The summed E-state index contributed by atoms with van der Waals surface area (Å²) in [6.45, 7) is 8.06. The lowest BCUT2D eigenvalue weighted by Gasteiger charge is -2.29. The summed E-state index contributed by atoms with van der Waals surface area (Å²) in [6.07, 6.45) is 0. The van der Waals surface area contributed by atoms with Crippen LogP contribution in [0.2, 0.25) is 0 Å². The minimum absolute atomic E-state index is 0.236. The van der Waals surface area contributed by atoms with Crippen LogP contribution in [0.4, 0.5) is 5.69 Å².